The van der Waals surface area contributed by atoms with Gasteiger partial charge in [0, 0.05) is 5.69 Å². The van der Waals surface area contributed by atoms with Crippen LogP contribution in [-0.4, -0.2) is 25.1 Å². The van der Waals surface area contributed by atoms with Gasteiger partial charge in [-0.2, -0.15) is 0 Å². The van der Waals surface area contributed by atoms with Gasteiger partial charge < -0.3 is 14.8 Å². The van der Waals surface area contributed by atoms with Crippen LogP contribution in [0.5, 0.6) is 5.75 Å². The minimum atomic E-state index is -0.664. The van der Waals surface area contributed by atoms with E-state index >= 15 is 0 Å². The molecule has 0 atom stereocenters. The first-order valence-corrected chi connectivity index (χ1v) is 6.94. The van der Waals surface area contributed by atoms with Crippen LogP contribution in [0.3, 0.4) is 0 Å². The van der Waals surface area contributed by atoms with E-state index < -0.39 is 24.3 Å². The fraction of sp³-hybridized carbons (Fsp3) is 0.176. The lowest BCUT2D eigenvalue weighted by Crippen LogP contribution is -2.23. The Morgan fingerprint density at radius 2 is 1.87 bits per heavy atom. The summed E-state index contributed by atoms with van der Waals surface area (Å²) in [4.78, 5) is 23.2. The summed E-state index contributed by atoms with van der Waals surface area (Å²) >= 11 is 0. The number of amides is 1. The number of anilines is 1. The highest BCUT2D eigenvalue weighted by molar-refractivity contribution is 5.92. The number of carbonyl (C=O) groups excluding carboxylic acids is 2. The van der Waals surface area contributed by atoms with Crippen molar-refractivity contribution < 1.29 is 23.5 Å². The molecule has 0 radical (unpaired) electrons. The van der Waals surface area contributed by atoms with Crippen molar-refractivity contribution in [3.63, 3.8) is 0 Å². The van der Waals surface area contributed by atoms with Gasteiger partial charge in [-0.15, -0.1) is 0 Å². The monoisotopic (exact) mass is 317 g/mol. The Morgan fingerprint density at radius 1 is 1.09 bits per heavy atom. The molecule has 0 aliphatic heterocycles. The van der Waals surface area contributed by atoms with E-state index in [1.165, 1.54) is 24.3 Å². The number of nitrogens with one attached hydrogen (secondary N) is 1. The van der Waals surface area contributed by atoms with Crippen molar-refractivity contribution in [2.45, 2.75) is 6.92 Å². The zero-order chi connectivity index (χ0) is 16.7. The standard InChI is InChI=1S/C17H16FNO4/c1-12-5-2-3-8-15(12)22-11-17(21)23-10-16(20)19-14-7-4-6-13(18)9-14/h2-9H,10-11H2,1H3,(H,19,20). The number of para-hydroxylation sites is 1. The Bertz CT molecular complexity index is 702. The Labute approximate surface area is 133 Å². The Hall–Kier alpha value is -2.89. The fourth-order valence-corrected chi connectivity index (χ4v) is 1.81. The number of benzene rings is 2. The van der Waals surface area contributed by atoms with Crippen molar-refractivity contribution in [1.82, 2.24) is 0 Å². The van der Waals surface area contributed by atoms with Crippen molar-refractivity contribution in [3.05, 3.63) is 59.9 Å². The molecule has 0 saturated heterocycles. The lowest BCUT2D eigenvalue weighted by atomic mass is 10.2. The molecule has 23 heavy (non-hydrogen) atoms. The van der Waals surface area contributed by atoms with E-state index in [1.54, 1.807) is 12.1 Å². The van der Waals surface area contributed by atoms with E-state index in [-0.39, 0.29) is 6.61 Å². The summed E-state index contributed by atoms with van der Waals surface area (Å²) in [5, 5.41) is 2.42. The van der Waals surface area contributed by atoms with Crippen LogP contribution < -0.4 is 10.1 Å². The van der Waals surface area contributed by atoms with Gasteiger partial charge in [0.2, 0.25) is 0 Å². The number of esters is 1. The van der Waals surface area contributed by atoms with Crippen LogP contribution in [0.25, 0.3) is 0 Å². The number of hydrogen-bond donors (Lipinski definition) is 1. The third-order valence-corrected chi connectivity index (χ3v) is 2.91. The number of aryl methyl sites for hydroxylation is 1. The van der Waals surface area contributed by atoms with Crippen molar-refractivity contribution >= 4 is 17.6 Å². The molecule has 2 aromatic carbocycles. The van der Waals surface area contributed by atoms with E-state index in [9.17, 15) is 14.0 Å². The van der Waals surface area contributed by atoms with Crippen molar-refractivity contribution in [2.24, 2.45) is 0 Å². The van der Waals surface area contributed by atoms with Gasteiger partial charge in [-0.25, -0.2) is 9.18 Å². The maximum Gasteiger partial charge on any atom is 0.344 e. The molecule has 0 aliphatic carbocycles. The van der Waals surface area contributed by atoms with Crippen molar-refractivity contribution in [1.29, 1.82) is 0 Å². The van der Waals surface area contributed by atoms with Crippen molar-refractivity contribution in [3.8, 4) is 5.75 Å². The van der Waals surface area contributed by atoms with Gasteiger partial charge in [0.25, 0.3) is 5.91 Å². The zero-order valence-electron chi connectivity index (χ0n) is 12.5. The lowest BCUT2D eigenvalue weighted by molar-refractivity contribution is -0.149. The average molecular weight is 317 g/mol. The van der Waals surface area contributed by atoms with Gasteiger partial charge in [-0.3, -0.25) is 4.79 Å². The van der Waals surface area contributed by atoms with Crippen LogP contribution in [-0.2, 0) is 14.3 Å². The number of ether oxygens (including phenoxy) is 2. The molecule has 0 heterocycles. The molecule has 5 nitrogen and oxygen atoms in total. The number of halogens is 1. The molecule has 0 aromatic heterocycles. The van der Waals surface area contributed by atoms with Gasteiger partial charge in [-0.05, 0) is 36.8 Å². The topological polar surface area (TPSA) is 64.6 Å². The molecule has 6 heteroatoms. The van der Waals surface area contributed by atoms with Gasteiger partial charge in [-0.1, -0.05) is 24.3 Å². The zero-order valence-corrected chi connectivity index (χ0v) is 12.5. The SMILES string of the molecule is Cc1ccccc1OCC(=O)OCC(=O)Nc1cccc(F)c1. The van der Waals surface area contributed by atoms with Crippen LogP contribution in [0, 0.1) is 12.7 Å². The molecule has 120 valence electrons. The van der Waals surface area contributed by atoms with E-state index in [0.717, 1.165) is 5.56 Å². The predicted molar refractivity (Wildman–Crippen MR) is 82.7 cm³/mol. The largest absolute Gasteiger partial charge is 0.482 e. The molecule has 0 aliphatic rings. The van der Waals surface area contributed by atoms with E-state index in [4.69, 9.17) is 9.47 Å². The Balaban J connectivity index is 1.74. The van der Waals surface area contributed by atoms with Gasteiger partial charge in [0.05, 0.1) is 0 Å². The molecular formula is C17H16FNO4. The predicted octanol–water partition coefficient (Wildman–Crippen LogP) is 2.69. The first-order chi connectivity index (χ1) is 11.0. The molecule has 0 bridgehead atoms. The van der Waals surface area contributed by atoms with Gasteiger partial charge in [0.15, 0.2) is 13.2 Å². The van der Waals surface area contributed by atoms with Gasteiger partial charge >= 0.3 is 5.97 Å². The summed E-state index contributed by atoms with van der Waals surface area (Å²) in [5.41, 5.74) is 1.19. The Kier molecular flexibility index (Phi) is 5.68. The molecular weight excluding hydrogens is 301 g/mol. The quantitative estimate of drug-likeness (QED) is 0.832. The molecule has 2 aromatic rings. The molecule has 0 fully saturated rings. The molecule has 2 rings (SSSR count). The van der Waals surface area contributed by atoms with Crippen LogP contribution in [0.1, 0.15) is 5.56 Å². The van der Waals surface area contributed by atoms with Gasteiger partial charge in [0.1, 0.15) is 11.6 Å². The highest BCUT2D eigenvalue weighted by Gasteiger charge is 2.09. The third-order valence-electron chi connectivity index (χ3n) is 2.91. The second-order valence-corrected chi connectivity index (χ2v) is 4.77. The first kappa shape index (κ1) is 16.5. The van der Waals surface area contributed by atoms with E-state index in [2.05, 4.69) is 5.32 Å². The van der Waals surface area contributed by atoms with E-state index in [1.807, 2.05) is 19.1 Å². The highest BCUT2D eigenvalue weighted by Crippen LogP contribution is 2.15. The molecule has 0 saturated carbocycles. The summed E-state index contributed by atoms with van der Waals surface area (Å²) in [6.45, 7) is 1.09. The maximum atomic E-state index is 13.0. The van der Waals surface area contributed by atoms with Crippen molar-refractivity contribution in [2.75, 3.05) is 18.5 Å². The Morgan fingerprint density at radius 3 is 2.61 bits per heavy atom. The van der Waals surface area contributed by atoms with Crippen LogP contribution in [0.2, 0.25) is 0 Å². The van der Waals surface area contributed by atoms with Crippen LogP contribution in [0.4, 0.5) is 10.1 Å². The minimum absolute atomic E-state index is 0.294. The summed E-state index contributed by atoms with van der Waals surface area (Å²) in [6.07, 6.45) is 0. The molecule has 0 unspecified atom stereocenters. The summed E-state index contributed by atoms with van der Waals surface area (Å²) in [5.74, 6) is -1.11. The molecule has 1 N–H and O–H groups in total. The first-order valence-electron chi connectivity index (χ1n) is 6.94. The number of hydrogen-bond acceptors (Lipinski definition) is 4. The van der Waals surface area contributed by atoms with Crippen LogP contribution in [0.15, 0.2) is 48.5 Å². The van der Waals surface area contributed by atoms with E-state index in [0.29, 0.717) is 11.4 Å². The lowest BCUT2D eigenvalue weighted by Gasteiger charge is -2.09. The molecule has 1 amide bonds. The number of carbonyl (C=O) groups is 2. The second kappa shape index (κ2) is 7.93. The maximum absolute atomic E-state index is 13.0. The third kappa shape index (κ3) is 5.43. The summed E-state index contributed by atoms with van der Waals surface area (Å²) < 4.78 is 23.1. The smallest absolute Gasteiger partial charge is 0.344 e. The number of rotatable bonds is 6. The minimum Gasteiger partial charge on any atom is -0.482 e. The normalized spacial score (nSPS) is 10.0. The fourth-order valence-electron chi connectivity index (χ4n) is 1.81. The summed E-state index contributed by atoms with van der Waals surface area (Å²) in [6, 6.07) is 12.7. The second-order valence-electron chi connectivity index (χ2n) is 4.77. The average Bonchev–Trinajstić information content (AvgIpc) is 2.52. The summed E-state index contributed by atoms with van der Waals surface area (Å²) in [7, 11) is 0. The highest BCUT2D eigenvalue weighted by atomic mass is 19.1. The molecule has 0 spiro atoms. The van der Waals surface area contributed by atoms with Crippen LogP contribution >= 0.6 is 0 Å².